The molecular weight excluding hydrogens is 370 g/mol. The number of nitrogens with one attached hydrogen (secondary N) is 1. The third-order valence-electron chi connectivity index (χ3n) is 4.59. The molecule has 1 N–H and O–H groups in total. The molecule has 1 aliphatic rings. The lowest BCUT2D eigenvalue weighted by Crippen LogP contribution is -2.43. The Hall–Kier alpha value is -2.54. The molecule has 0 radical (unpaired) electrons. The fraction of sp³-hybridized carbons (Fsp3) is 0.421. The van der Waals surface area contributed by atoms with E-state index >= 15 is 0 Å². The first-order chi connectivity index (χ1) is 12.9. The number of aromatic nitrogens is 1. The van der Waals surface area contributed by atoms with Crippen LogP contribution in [0.5, 0.6) is 5.75 Å². The molecule has 2 amide bonds. The van der Waals surface area contributed by atoms with Gasteiger partial charge in [0.15, 0.2) is 12.4 Å². The summed E-state index contributed by atoms with van der Waals surface area (Å²) < 4.78 is 10.5. The van der Waals surface area contributed by atoms with E-state index in [1.54, 1.807) is 36.1 Å². The van der Waals surface area contributed by atoms with E-state index < -0.39 is 0 Å². The highest BCUT2D eigenvalue weighted by Gasteiger charge is 2.28. The smallest absolute Gasteiger partial charge is 0.260 e. The molecule has 1 aliphatic heterocycles. The minimum Gasteiger partial charge on any atom is -0.484 e. The number of nitrogens with zero attached hydrogens (tertiary/aromatic N) is 2. The van der Waals surface area contributed by atoms with Crippen molar-refractivity contribution in [2.45, 2.75) is 26.7 Å². The SMILES string of the molecule is Cc1cc(NC(=O)C2CCN(C(=O)COc3ccc(Cl)c(C)c3)CC2)no1. The van der Waals surface area contributed by atoms with Crippen molar-refractivity contribution in [3.63, 3.8) is 0 Å². The summed E-state index contributed by atoms with van der Waals surface area (Å²) in [5, 5.41) is 7.17. The van der Waals surface area contributed by atoms with Crippen LogP contribution in [-0.4, -0.2) is 41.6 Å². The maximum absolute atomic E-state index is 12.3. The van der Waals surface area contributed by atoms with E-state index in [-0.39, 0.29) is 24.3 Å². The van der Waals surface area contributed by atoms with E-state index in [1.807, 2.05) is 6.92 Å². The summed E-state index contributed by atoms with van der Waals surface area (Å²) >= 11 is 5.98. The average Bonchev–Trinajstić information content (AvgIpc) is 3.07. The van der Waals surface area contributed by atoms with Crippen molar-refractivity contribution in [2.24, 2.45) is 5.92 Å². The van der Waals surface area contributed by atoms with Gasteiger partial charge in [-0.05, 0) is 50.5 Å². The lowest BCUT2D eigenvalue weighted by molar-refractivity contribution is -0.136. The number of ether oxygens (including phenoxy) is 1. The fourth-order valence-corrected chi connectivity index (χ4v) is 3.11. The van der Waals surface area contributed by atoms with Crippen LogP contribution in [0.2, 0.25) is 5.02 Å². The second-order valence-corrected chi connectivity index (χ2v) is 7.07. The van der Waals surface area contributed by atoms with Crippen LogP contribution in [0, 0.1) is 19.8 Å². The first-order valence-electron chi connectivity index (χ1n) is 8.83. The summed E-state index contributed by atoms with van der Waals surface area (Å²) in [5.41, 5.74) is 0.899. The van der Waals surface area contributed by atoms with Crippen molar-refractivity contribution >= 4 is 29.2 Å². The Morgan fingerprint density at radius 3 is 2.67 bits per heavy atom. The summed E-state index contributed by atoms with van der Waals surface area (Å²) in [6, 6.07) is 6.96. The lowest BCUT2D eigenvalue weighted by atomic mass is 9.96. The van der Waals surface area contributed by atoms with Gasteiger partial charge in [-0.3, -0.25) is 9.59 Å². The van der Waals surface area contributed by atoms with Crippen molar-refractivity contribution in [2.75, 3.05) is 25.0 Å². The molecule has 0 spiro atoms. The molecule has 8 heteroatoms. The number of carbonyl (C=O) groups excluding carboxylic acids is 2. The molecule has 1 fully saturated rings. The van der Waals surface area contributed by atoms with Gasteiger partial charge in [0, 0.05) is 30.1 Å². The number of hydrogen-bond acceptors (Lipinski definition) is 5. The number of aryl methyl sites for hydroxylation is 2. The van der Waals surface area contributed by atoms with Gasteiger partial charge in [-0.25, -0.2) is 0 Å². The number of anilines is 1. The van der Waals surface area contributed by atoms with Gasteiger partial charge >= 0.3 is 0 Å². The van der Waals surface area contributed by atoms with Crippen LogP contribution < -0.4 is 10.1 Å². The minimum absolute atomic E-state index is 0.0316. The number of hydrogen-bond donors (Lipinski definition) is 1. The lowest BCUT2D eigenvalue weighted by Gasteiger charge is -2.31. The molecule has 0 bridgehead atoms. The molecule has 2 aromatic rings. The van der Waals surface area contributed by atoms with Crippen LogP contribution >= 0.6 is 11.6 Å². The third-order valence-corrected chi connectivity index (χ3v) is 5.01. The molecule has 1 aromatic heterocycles. The molecule has 0 aliphatic carbocycles. The molecule has 0 atom stereocenters. The van der Waals surface area contributed by atoms with Gasteiger partial charge in [0.05, 0.1) is 0 Å². The van der Waals surface area contributed by atoms with Gasteiger partial charge in [-0.2, -0.15) is 0 Å². The van der Waals surface area contributed by atoms with E-state index in [4.69, 9.17) is 20.9 Å². The maximum atomic E-state index is 12.3. The molecule has 0 saturated carbocycles. The van der Waals surface area contributed by atoms with Gasteiger partial charge in [-0.1, -0.05) is 16.8 Å². The number of benzene rings is 1. The molecule has 3 rings (SSSR count). The van der Waals surface area contributed by atoms with Crippen molar-refractivity contribution in [1.82, 2.24) is 10.1 Å². The normalized spacial score (nSPS) is 14.9. The highest BCUT2D eigenvalue weighted by molar-refractivity contribution is 6.31. The Bertz CT molecular complexity index is 828. The highest BCUT2D eigenvalue weighted by Crippen LogP contribution is 2.22. The predicted octanol–water partition coefficient (Wildman–Crippen LogP) is 3.20. The summed E-state index contributed by atoms with van der Waals surface area (Å²) in [5.74, 6) is 1.34. The number of rotatable bonds is 5. The zero-order valence-corrected chi connectivity index (χ0v) is 16.1. The molecule has 2 heterocycles. The number of amides is 2. The van der Waals surface area contributed by atoms with Crippen LogP contribution in [0.1, 0.15) is 24.2 Å². The van der Waals surface area contributed by atoms with Gasteiger partial charge in [0.1, 0.15) is 11.5 Å². The van der Waals surface area contributed by atoms with Crippen LogP contribution in [0.3, 0.4) is 0 Å². The first-order valence-corrected chi connectivity index (χ1v) is 9.21. The second kappa shape index (κ2) is 8.43. The molecule has 1 saturated heterocycles. The third kappa shape index (κ3) is 5.01. The molecule has 1 aromatic carbocycles. The Balaban J connectivity index is 1.44. The molecule has 27 heavy (non-hydrogen) atoms. The standard InChI is InChI=1S/C19H22ClN3O4/c1-12-9-15(3-4-16(12)20)26-11-18(24)23-7-5-14(6-8-23)19(25)21-17-10-13(2)27-22-17/h3-4,9-10,14H,5-8,11H2,1-2H3,(H,21,22,25). The van der Waals surface area contributed by atoms with Gasteiger partial charge in [0.25, 0.3) is 5.91 Å². The Labute approximate surface area is 162 Å². The van der Waals surface area contributed by atoms with Gasteiger partial charge in [-0.15, -0.1) is 0 Å². The Morgan fingerprint density at radius 2 is 2.04 bits per heavy atom. The van der Waals surface area contributed by atoms with E-state index in [9.17, 15) is 9.59 Å². The van der Waals surface area contributed by atoms with E-state index in [2.05, 4.69) is 10.5 Å². The molecule has 7 nitrogen and oxygen atoms in total. The van der Waals surface area contributed by atoms with Crippen LogP contribution in [-0.2, 0) is 9.59 Å². The summed E-state index contributed by atoms with van der Waals surface area (Å²) in [6.07, 6.45) is 1.21. The molecular formula is C19H22ClN3O4. The number of likely N-dealkylation sites (tertiary alicyclic amines) is 1. The topological polar surface area (TPSA) is 84.7 Å². The second-order valence-electron chi connectivity index (χ2n) is 6.67. The zero-order chi connectivity index (χ0) is 19.4. The van der Waals surface area contributed by atoms with E-state index in [1.165, 1.54) is 0 Å². The van der Waals surface area contributed by atoms with E-state index in [0.29, 0.717) is 48.3 Å². The summed E-state index contributed by atoms with van der Waals surface area (Å²) in [4.78, 5) is 26.4. The highest BCUT2D eigenvalue weighted by atomic mass is 35.5. The maximum Gasteiger partial charge on any atom is 0.260 e. The van der Waals surface area contributed by atoms with Crippen molar-refractivity contribution in [3.8, 4) is 5.75 Å². The van der Waals surface area contributed by atoms with Crippen molar-refractivity contribution in [1.29, 1.82) is 0 Å². The summed E-state index contributed by atoms with van der Waals surface area (Å²) in [6.45, 7) is 4.67. The molecule has 144 valence electrons. The van der Waals surface area contributed by atoms with Gasteiger partial charge < -0.3 is 19.5 Å². The number of carbonyl (C=O) groups is 2. The zero-order valence-electron chi connectivity index (χ0n) is 15.3. The Morgan fingerprint density at radius 1 is 1.30 bits per heavy atom. The molecule has 0 unspecified atom stereocenters. The minimum atomic E-state index is -0.147. The average molecular weight is 392 g/mol. The largest absolute Gasteiger partial charge is 0.484 e. The van der Waals surface area contributed by atoms with Crippen molar-refractivity contribution < 1.29 is 18.8 Å². The first kappa shape index (κ1) is 19.2. The fourth-order valence-electron chi connectivity index (χ4n) is 2.99. The monoisotopic (exact) mass is 391 g/mol. The Kier molecular flexibility index (Phi) is 6.01. The van der Waals surface area contributed by atoms with Crippen LogP contribution in [0.4, 0.5) is 5.82 Å². The predicted molar refractivity (Wildman–Crippen MR) is 101 cm³/mol. The van der Waals surface area contributed by atoms with E-state index in [0.717, 1.165) is 5.56 Å². The number of halogens is 1. The van der Waals surface area contributed by atoms with Crippen LogP contribution in [0.15, 0.2) is 28.8 Å². The number of piperidine rings is 1. The van der Waals surface area contributed by atoms with Gasteiger partial charge in [0.2, 0.25) is 5.91 Å². The quantitative estimate of drug-likeness (QED) is 0.846. The van der Waals surface area contributed by atoms with Crippen LogP contribution in [0.25, 0.3) is 0 Å². The van der Waals surface area contributed by atoms with Crippen molar-refractivity contribution in [3.05, 3.63) is 40.6 Å². The summed E-state index contributed by atoms with van der Waals surface area (Å²) in [7, 11) is 0.